The van der Waals surface area contributed by atoms with E-state index in [4.69, 9.17) is 21.1 Å². The fourth-order valence-corrected chi connectivity index (χ4v) is 1.13. The van der Waals surface area contributed by atoms with Gasteiger partial charge in [-0.2, -0.15) is 0 Å². The Morgan fingerprint density at radius 2 is 2.13 bits per heavy atom. The van der Waals surface area contributed by atoms with Crippen LogP contribution in [-0.4, -0.2) is 24.3 Å². The summed E-state index contributed by atoms with van der Waals surface area (Å²) in [6, 6.07) is 5.31. The molecule has 0 fully saturated rings. The van der Waals surface area contributed by atoms with Crippen LogP contribution in [0.25, 0.3) is 0 Å². The highest BCUT2D eigenvalue weighted by Crippen LogP contribution is 2.15. The van der Waals surface area contributed by atoms with Gasteiger partial charge in [0.2, 0.25) is 5.88 Å². The second kappa shape index (κ2) is 5.33. The van der Waals surface area contributed by atoms with Crippen LogP contribution in [0.1, 0.15) is 20.3 Å². The van der Waals surface area contributed by atoms with Crippen LogP contribution >= 0.6 is 11.6 Å². The van der Waals surface area contributed by atoms with E-state index in [0.717, 1.165) is 6.42 Å². The fraction of sp³-hybridized carbons (Fsp3) is 0.545. The Hall–Kier alpha value is -0.800. The first-order valence-electron chi connectivity index (χ1n) is 4.84. The van der Waals surface area contributed by atoms with Gasteiger partial charge in [0.15, 0.2) is 0 Å². The third kappa shape index (κ3) is 4.49. The number of nitrogens with zero attached hydrogens (tertiary/aromatic N) is 1. The molecule has 0 N–H and O–H groups in total. The van der Waals surface area contributed by atoms with Crippen LogP contribution in [0.2, 0.25) is 5.15 Å². The van der Waals surface area contributed by atoms with Gasteiger partial charge in [-0.1, -0.05) is 17.7 Å². The van der Waals surface area contributed by atoms with E-state index < -0.39 is 0 Å². The minimum Gasteiger partial charge on any atom is -0.478 e. The first-order valence-corrected chi connectivity index (χ1v) is 5.22. The van der Waals surface area contributed by atoms with Crippen molar-refractivity contribution in [2.45, 2.75) is 25.9 Å². The highest BCUT2D eigenvalue weighted by Gasteiger charge is 2.15. The molecule has 1 aromatic rings. The van der Waals surface area contributed by atoms with Crippen LogP contribution < -0.4 is 4.74 Å². The molecule has 1 rings (SSSR count). The first kappa shape index (κ1) is 12.3. The van der Waals surface area contributed by atoms with Crippen LogP contribution in [0.4, 0.5) is 0 Å². The molecule has 0 spiro atoms. The average molecular weight is 230 g/mol. The monoisotopic (exact) mass is 229 g/mol. The summed E-state index contributed by atoms with van der Waals surface area (Å²) in [6.07, 6.45) is 0.803. The standard InChI is InChI=1S/C11H16ClNO2/c1-11(2,14-3)7-8-15-10-6-4-5-9(12)13-10/h4-6H,7-8H2,1-3H3. The summed E-state index contributed by atoms with van der Waals surface area (Å²) in [4.78, 5) is 4.02. The van der Waals surface area contributed by atoms with Crippen molar-refractivity contribution in [2.75, 3.05) is 13.7 Å². The number of halogens is 1. The number of pyridine rings is 1. The number of hydrogen-bond acceptors (Lipinski definition) is 3. The number of ether oxygens (including phenoxy) is 2. The Morgan fingerprint density at radius 3 is 2.73 bits per heavy atom. The molecule has 0 aliphatic rings. The zero-order chi connectivity index (χ0) is 11.3. The van der Waals surface area contributed by atoms with Gasteiger partial charge in [-0.05, 0) is 19.9 Å². The molecule has 0 saturated carbocycles. The maximum atomic E-state index is 5.73. The summed E-state index contributed by atoms with van der Waals surface area (Å²) in [5.41, 5.74) is -0.168. The number of hydrogen-bond donors (Lipinski definition) is 0. The van der Waals surface area contributed by atoms with Crippen molar-refractivity contribution in [2.24, 2.45) is 0 Å². The molecule has 3 nitrogen and oxygen atoms in total. The van der Waals surface area contributed by atoms with E-state index >= 15 is 0 Å². The SMILES string of the molecule is COC(C)(C)CCOc1cccc(Cl)n1. The quantitative estimate of drug-likeness (QED) is 0.728. The molecular weight excluding hydrogens is 214 g/mol. The molecule has 4 heteroatoms. The fourth-order valence-electron chi connectivity index (χ4n) is 0.973. The van der Waals surface area contributed by atoms with Gasteiger partial charge in [0, 0.05) is 19.6 Å². The summed E-state index contributed by atoms with van der Waals surface area (Å²) in [5.74, 6) is 0.550. The largest absolute Gasteiger partial charge is 0.478 e. The zero-order valence-corrected chi connectivity index (χ0v) is 10.0. The molecule has 0 unspecified atom stereocenters. The summed E-state index contributed by atoms with van der Waals surface area (Å²) >= 11 is 5.73. The Bertz CT molecular complexity index is 315. The minimum absolute atomic E-state index is 0.168. The van der Waals surface area contributed by atoms with Gasteiger partial charge in [-0.15, -0.1) is 0 Å². The van der Waals surface area contributed by atoms with E-state index in [9.17, 15) is 0 Å². The third-order valence-corrected chi connectivity index (χ3v) is 2.41. The summed E-state index contributed by atoms with van der Waals surface area (Å²) < 4.78 is 10.7. The van der Waals surface area contributed by atoms with Gasteiger partial charge >= 0.3 is 0 Å². The number of aromatic nitrogens is 1. The Morgan fingerprint density at radius 1 is 1.40 bits per heavy atom. The lowest BCUT2D eigenvalue weighted by Gasteiger charge is -2.22. The van der Waals surface area contributed by atoms with Crippen molar-refractivity contribution < 1.29 is 9.47 Å². The maximum absolute atomic E-state index is 5.73. The lowest BCUT2D eigenvalue weighted by atomic mass is 10.1. The van der Waals surface area contributed by atoms with E-state index in [1.54, 1.807) is 19.2 Å². The predicted molar refractivity (Wildman–Crippen MR) is 60.4 cm³/mol. The molecule has 1 heterocycles. The minimum atomic E-state index is -0.168. The van der Waals surface area contributed by atoms with Crippen LogP contribution in [-0.2, 0) is 4.74 Å². The van der Waals surface area contributed by atoms with Gasteiger partial charge in [-0.3, -0.25) is 0 Å². The van der Waals surface area contributed by atoms with E-state index in [2.05, 4.69) is 4.98 Å². The highest BCUT2D eigenvalue weighted by atomic mass is 35.5. The van der Waals surface area contributed by atoms with Gasteiger partial charge in [-0.25, -0.2) is 4.98 Å². The molecule has 0 atom stereocenters. The molecule has 0 amide bonds. The van der Waals surface area contributed by atoms with Crippen LogP contribution in [0.15, 0.2) is 18.2 Å². The van der Waals surface area contributed by atoms with E-state index in [1.165, 1.54) is 0 Å². The van der Waals surface area contributed by atoms with E-state index in [-0.39, 0.29) is 5.60 Å². The van der Waals surface area contributed by atoms with Crippen LogP contribution in [0.3, 0.4) is 0 Å². The Balaban J connectivity index is 2.38. The summed E-state index contributed by atoms with van der Waals surface area (Å²) in [7, 11) is 1.69. The Kier molecular flexibility index (Phi) is 4.36. The van der Waals surface area contributed by atoms with E-state index in [1.807, 2.05) is 19.9 Å². The molecule has 0 aliphatic carbocycles. The van der Waals surface area contributed by atoms with Gasteiger partial charge in [0.25, 0.3) is 0 Å². The van der Waals surface area contributed by atoms with Crippen molar-refractivity contribution in [1.29, 1.82) is 0 Å². The normalized spacial score (nSPS) is 11.5. The van der Waals surface area contributed by atoms with Crippen molar-refractivity contribution in [1.82, 2.24) is 4.98 Å². The first-order chi connectivity index (χ1) is 7.03. The van der Waals surface area contributed by atoms with Crippen molar-refractivity contribution in [3.8, 4) is 5.88 Å². The van der Waals surface area contributed by atoms with E-state index in [0.29, 0.717) is 17.6 Å². The third-order valence-electron chi connectivity index (χ3n) is 2.20. The lowest BCUT2D eigenvalue weighted by molar-refractivity contribution is 0.00509. The van der Waals surface area contributed by atoms with Gasteiger partial charge in [0.1, 0.15) is 5.15 Å². The summed E-state index contributed by atoms with van der Waals surface area (Å²) in [5, 5.41) is 0.443. The molecule has 0 aromatic carbocycles. The molecule has 15 heavy (non-hydrogen) atoms. The summed E-state index contributed by atoms with van der Waals surface area (Å²) in [6.45, 7) is 4.59. The van der Waals surface area contributed by atoms with Crippen molar-refractivity contribution in [3.05, 3.63) is 23.4 Å². The van der Waals surface area contributed by atoms with Gasteiger partial charge < -0.3 is 9.47 Å². The molecule has 0 radical (unpaired) electrons. The zero-order valence-electron chi connectivity index (χ0n) is 9.29. The molecular formula is C11H16ClNO2. The Labute approximate surface area is 95.4 Å². The van der Waals surface area contributed by atoms with Crippen molar-refractivity contribution >= 4 is 11.6 Å². The second-order valence-corrected chi connectivity index (χ2v) is 4.25. The predicted octanol–water partition coefficient (Wildman–Crippen LogP) is 2.93. The van der Waals surface area contributed by atoms with Crippen LogP contribution in [0, 0.1) is 0 Å². The molecule has 0 aliphatic heterocycles. The lowest BCUT2D eigenvalue weighted by Crippen LogP contribution is -2.25. The molecule has 0 saturated heterocycles. The maximum Gasteiger partial charge on any atom is 0.214 e. The van der Waals surface area contributed by atoms with Gasteiger partial charge in [0.05, 0.1) is 12.2 Å². The second-order valence-electron chi connectivity index (χ2n) is 3.86. The smallest absolute Gasteiger partial charge is 0.214 e. The number of methoxy groups -OCH3 is 1. The molecule has 1 aromatic heterocycles. The highest BCUT2D eigenvalue weighted by molar-refractivity contribution is 6.29. The molecule has 84 valence electrons. The average Bonchev–Trinajstić information content (AvgIpc) is 2.18. The van der Waals surface area contributed by atoms with Crippen LogP contribution in [0.5, 0.6) is 5.88 Å². The number of rotatable bonds is 5. The molecule has 0 bridgehead atoms. The van der Waals surface area contributed by atoms with Crippen molar-refractivity contribution in [3.63, 3.8) is 0 Å². The topological polar surface area (TPSA) is 31.4 Å².